The minimum absolute atomic E-state index is 0. The van der Waals surface area contributed by atoms with Gasteiger partial charge in [-0.1, -0.05) is 0 Å². The van der Waals surface area contributed by atoms with Crippen LogP contribution in [0.15, 0.2) is 23.6 Å². The number of aryl methyl sites for hydroxylation is 3. The Labute approximate surface area is 194 Å². The van der Waals surface area contributed by atoms with Crippen molar-refractivity contribution in [3.05, 3.63) is 30.1 Å². The van der Waals surface area contributed by atoms with Crippen molar-refractivity contribution in [2.45, 2.75) is 39.2 Å². The number of nitrogens with one attached hydrogen (secondary N) is 1. The molecule has 0 aromatic carbocycles. The van der Waals surface area contributed by atoms with Crippen molar-refractivity contribution in [1.82, 2.24) is 29.5 Å². The van der Waals surface area contributed by atoms with Crippen LogP contribution in [0.5, 0.6) is 0 Å². The van der Waals surface area contributed by atoms with Crippen LogP contribution in [0.3, 0.4) is 0 Å². The maximum atomic E-state index is 12.7. The third kappa shape index (κ3) is 5.13. The topological polar surface area (TPSA) is 83.6 Å². The Morgan fingerprint density at radius 1 is 1.23 bits per heavy atom. The van der Waals surface area contributed by atoms with Gasteiger partial charge in [0, 0.05) is 65.0 Å². The lowest BCUT2D eigenvalue weighted by Gasteiger charge is -2.35. The summed E-state index contributed by atoms with van der Waals surface area (Å²) in [4.78, 5) is 26.0. The van der Waals surface area contributed by atoms with E-state index in [4.69, 9.17) is 9.98 Å². The highest BCUT2D eigenvalue weighted by atomic mass is 127. The van der Waals surface area contributed by atoms with Gasteiger partial charge in [0.15, 0.2) is 5.96 Å². The number of guanidine groups is 1. The van der Waals surface area contributed by atoms with E-state index in [0.717, 1.165) is 49.8 Å². The van der Waals surface area contributed by atoms with Gasteiger partial charge < -0.3 is 19.7 Å². The summed E-state index contributed by atoms with van der Waals surface area (Å²) in [6, 6.07) is 0. The van der Waals surface area contributed by atoms with Crippen molar-refractivity contribution in [1.29, 1.82) is 0 Å². The summed E-state index contributed by atoms with van der Waals surface area (Å²) in [5.41, 5.74) is 1.96. The van der Waals surface area contributed by atoms with Crippen molar-refractivity contribution in [3.63, 3.8) is 0 Å². The molecule has 4 heterocycles. The quantitative estimate of drug-likeness (QED) is 0.362. The average molecular weight is 526 g/mol. The Morgan fingerprint density at radius 2 is 2.10 bits per heavy atom. The van der Waals surface area contributed by atoms with Gasteiger partial charge in [0.25, 0.3) is 0 Å². The fraction of sp³-hybridized carbons (Fsp3) is 0.600. The fourth-order valence-electron chi connectivity index (χ4n) is 3.97. The Kier molecular flexibility index (Phi) is 7.73. The molecule has 1 saturated heterocycles. The minimum atomic E-state index is 0. The number of amides is 1. The molecule has 2 aliphatic heterocycles. The van der Waals surface area contributed by atoms with E-state index >= 15 is 0 Å². The third-order valence-corrected chi connectivity index (χ3v) is 5.45. The van der Waals surface area contributed by atoms with Gasteiger partial charge >= 0.3 is 0 Å². The Morgan fingerprint density at radius 3 is 2.80 bits per heavy atom. The molecule has 164 valence electrons. The van der Waals surface area contributed by atoms with Gasteiger partial charge in [-0.15, -0.1) is 24.0 Å². The smallest absolute Gasteiger partial charge is 0.246 e. The lowest BCUT2D eigenvalue weighted by molar-refractivity contribution is -0.120. The fourth-order valence-corrected chi connectivity index (χ4v) is 3.97. The first-order chi connectivity index (χ1) is 14.1. The molecule has 9 nitrogen and oxygen atoms in total. The number of carbonyl (C=O) groups excluding carboxylic acids is 1. The van der Waals surface area contributed by atoms with Crippen molar-refractivity contribution in [3.8, 4) is 0 Å². The summed E-state index contributed by atoms with van der Waals surface area (Å²) < 4.78 is 4.00. The van der Waals surface area contributed by atoms with Gasteiger partial charge in [-0.3, -0.25) is 14.5 Å². The highest BCUT2D eigenvalue weighted by Crippen LogP contribution is 2.17. The van der Waals surface area contributed by atoms with Gasteiger partial charge in [0.05, 0.1) is 17.6 Å². The zero-order chi connectivity index (χ0) is 20.2. The molecule has 4 rings (SSSR count). The van der Waals surface area contributed by atoms with Gasteiger partial charge in [0.2, 0.25) is 5.91 Å². The van der Waals surface area contributed by atoms with Gasteiger partial charge in [-0.05, 0) is 19.8 Å². The van der Waals surface area contributed by atoms with Crippen LogP contribution in [0, 0.1) is 0 Å². The molecule has 0 aliphatic carbocycles. The number of anilines is 1. The summed E-state index contributed by atoms with van der Waals surface area (Å²) in [5.74, 6) is 2.08. The molecule has 1 amide bonds. The number of hydrogen-bond acceptors (Lipinski definition) is 4. The number of rotatable bonds is 5. The zero-order valence-electron chi connectivity index (χ0n) is 17.8. The number of piperazine rings is 1. The first-order valence-electron chi connectivity index (χ1n) is 10.5. The van der Waals surface area contributed by atoms with E-state index in [-0.39, 0.29) is 29.9 Å². The maximum absolute atomic E-state index is 12.7. The monoisotopic (exact) mass is 526 g/mol. The van der Waals surface area contributed by atoms with Crippen LogP contribution in [-0.4, -0.2) is 68.8 Å². The number of imidazole rings is 1. The van der Waals surface area contributed by atoms with E-state index in [9.17, 15) is 4.79 Å². The van der Waals surface area contributed by atoms with Gasteiger partial charge in [0.1, 0.15) is 12.4 Å². The molecule has 2 aliphatic rings. The van der Waals surface area contributed by atoms with Crippen molar-refractivity contribution in [2.24, 2.45) is 12.0 Å². The van der Waals surface area contributed by atoms with Crippen LogP contribution in [-0.2, 0) is 31.2 Å². The maximum Gasteiger partial charge on any atom is 0.246 e. The van der Waals surface area contributed by atoms with Crippen molar-refractivity contribution < 1.29 is 4.79 Å². The van der Waals surface area contributed by atoms with E-state index < -0.39 is 0 Å². The largest absolute Gasteiger partial charge is 0.357 e. The van der Waals surface area contributed by atoms with Crippen molar-refractivity contribution in [2.75, 3.05) is 37.6 Å². The second kappa shape index (κ2) is 10.3. The van der Waals surface area contributed by atoms with Crippen LogP contribution in [0.2, 0.25) is 0 Å². The van der Waals surface area contributed by atoms with E-state index in [2.05, 4.69) is 21.2 Å². The molecular formula is C20H31IN8O. The molecule has 10 heteroatoms. The lowest BCUT2D eigenvalue weighted by Crippen LogP contribution is -2.55. The second-order valence-electron chi connectivity index (χ2n) is 7.62. The van der Waals surface area contributed by atoms with Gasteiger partial charge in [-0.2, -0.15) is 5.10 Å². The molecule has 0 unspecified atom stereocenters. The molecule has 1 fully saturated rings. The Bertz CT molecular complexity index is 866. The number of fused-ring (bicyclic) bond motifs is 1. The standard InChI is InChI=1S/C20H30N8O.HI/c1-3-21-20(22-8-7-16-13-26-9-5-4-6-18(26)24-16)27-10-11-28(19(29)15-27)17-12-23-25(2)14-17;/h12-14H,3-11,15H2,1-2H3,(H,21,22);1H. The van der Waals surface area contributed by atoms with Crippen LogP contribution in [0.25, 0.3) is 0 Å². The molecule has 30 heavy (non-hydrogen) atoms. The van der Waals surface area contributed by atoms with Crippen LogP contribution in [0.1, 0.15) is 31.3 Å². The summed E-state index contributed by atoms with van der Waals surface area (Å²) in [6.45, 7) is 6.25. The van der Waals surface area contributed by atoms with Crippen LogP contribution in [0.4, 0.5) is 5.69 Å². The highest BCUT2D eigenvalue weighted by Gasteiger charge is 2.27. The summed E-state index contributed by atoms with van der Waals surface area (Å²) >= 11 is 0. The number of aromatic nitrogens is 4. The first-order valence-corrected chi connectivity index (χ1v) is 10.5. The molecule has 0 radical (unpaired) electrons. The number of nitrogens with zero attached hydrogens (tertiary/aromatic N) is 7. The highest BCUT2D eigenvalue weighted by molar-refractivity contribution is 14.0. The van der Waals surface area contributed by atoms with Crippen LogP contribution < -0.4 is 10.2 Å². The number of carbonyl (C=O) groups is 1. The summed E-state index contributed by atoms with van der Waals surface area (Å²) in [5, 5.41) is 7.50. The van der Waals surface area contributed by atoms with Gasteiger partial charge in [-0.25, -0.2) is 4.98 Å². The van der Waals surface area contributed by atoms with E-state index in [1.807, 2.05) is 25.1 Å². The minimum Gasteiger partial charge on any atom is -0.357 e. The molecule has 0 spiro atoms. The molecule has 0 bridgehead atoms. The molecule has 1 N–H and O–H groups in total. The number of hydrogen-bond donors (Lipinski definition) is 1. The summed E-state index contributed by atoms with van der Waals surface area (Å²) in [6.07, 6.45) is 10.2. The normalized spacial score (nSPS) is 17.0. The molecule has 0 saturated carbocycles. The SMILES string of the molecule is CCNC(=NCCc1cn2c(n1)CCCC2)N1CCN(c2cnn(C)c2)C(=O)C1.I. The van der Waals surface area contributed by atoms with Crippen LogP contribution >= 0.6 is 24.0 Å². The van der Waals surface area contributed by atoms with E-state index in [1.54, 1.807) is 15.8 Å². The average Bonchev–Trinajstić information content (AvgIpc) is 3.33. The Hall–Kier alpha value is -2.11. The molecule has 2 aromatic rings. The number of halogens is 1. The molecular weight excluding hydrogens is 495 g/mol. The van der Waals surface area contributed by atoms with E-state index in [0.29, 0.717) is 19.6 Å². The summed E-state index contributed by atoms with van der Waals surface area (Å²) in [7, 11) is 1.86. The molecule has 0 atom stereocenters. The van der Waals surface area contributed by atoms with E-state index in [1.165, 1.54) is 18.7 Å². The predicted molar refractivity (Wildman–Crippen MR) is 127 cm³/mol. The number of aliphatic imine (C=N–C) groups is 1. The lowest BCUT2D eigenvalue weighted by atomic mass is 10.2. The first kappa shape index (κ1) is 22.6. The molecule has 2 aromatic heterocycles. The van der Waals surface area contributed by atoms with Crippen molar-refractivity contribution >= 4 is 41.5 Å². The third-order valence-electron chi connectivity index (χ3n) is 5.45. The second-order valence-corrected chi connectivity index (χ2v) is 7.62. The Balaban J connectivity index is 0.00000256. The zero-order valence-corrected chi connectivity index (χ0v) is 20.1. The predicted octanol–water partition coefficient (Wildman–Crippen LogP) is 1.43.